The summed E-state index contributed by atoms with van der Waals surface area (Å²) < 4.78 is 0. The second-order valence-electron chi connectivity index (χ2n) is 3.82. The zero-order valence-electron chi connectivity index (χ0n) is 8.49. The van der Waals surface area contributed by atoms with Crippen LogP contribution in [0.2, 0.25) is 0 Å². The summed E-state index contributed by atoms with van der Waals surface area (Å²) >= 11 is 1.85. The third-order valence-electron chi connectivity index (χ3n) is 2.99. The molecule has 2 nitrogen and oxygen atoms in total. The van der Waals surface area contributed by atoms with Crippen LogP contribution in [0, 0.1) is 5.92 Å². The third kappa shape index (κ3) is 1.72. The van der Waals surface area contributed by atoms with Crippen molar-refractivity contribution >= 4 is 11.3 Å². The van der Waals surface area contributed by atoms with Gasteiger partial charge in [0.15, 0.2) is 0 Å². The SMILES string of the molecule is CCNC1c2ccsc2CCC1CO. The number of fused-ring (bicyclic) bond motifs is 1. The summed E-state index contributed by atoms with van der Waals surface area (Å²) in [7, 11) is 0. The predicted octanol–water partition coefficient (Wildman–Crippen LogP) is 1.95. The van der Waals surface area contributed by atoms with Crippen molar-refractivity contribution in [2.24, 2.45) is 5.92 Å². The topological polar surface area (TPSA) is 32.3 Å². The van der Waals surface area contributed by atoms with Crippen molar-refractivity contribution in [3.63, 3.8) is 0 Å². The lowest BCUT2D eigenvalue weighted by Crippen LogP contribution is -2.33. The molecular weight excluding hydrogens is 194 g/mol. The highest BCUT2D eigenvalue weighted by Gasteiger charge is 2.28. The lowest BCUT2D eigenvalue weighted by Gasteiger charge is -2.31. The predicted molar refractivity (Wildman–Crippen MR) is 59.6 cm³/mol. The number of hydrogen-bond acceptors (Lipinski definition) is 3. The Hall–Kier alpha value is -0.380. The molecule has 1 aliphatic rings. The first-order valence-electron chi connectivity index (χ1n) is 5.27. The van der Waals surface area contributed by atoms with Crippen LogP contribution in [0.15, 0.2) is 11.4 Å². The summed E-state index contributed by atoms with van der Waals surface area (Å²) in [6.07, 6.45) is 2.25. The molecule has 0 fully saturated rings. The van der Waals surface area contributed by atoms with Crippen molar-refractivity contribution in [1.29, 1.82) is 0 Å². The molecule has 14 heavy (non-hydrogen) atoms. The molecule has 78 valence electrons. The Balaban J connectivity index is 2.23. The molecule has 2 atom stereocenters. The summed E-state index contributed by atoms with van der Waals surface area (Å²) in [4.78, 5) is 1.50. The molecule has 1 aromatic heterocycles. The van der Waals surface area contributed by atoms with Crippen LogP contribution in [0.25, 0.3) is 0 Å². The quantitative estimate of drug-likeness (QED) is 0.801. The lowest BCUT2D eigenvalue weighted by molar-refractivity contribution is 0.176. The highest BCUT2D eigenvalue weighted by atomic mass is 32.1. The van der Waals surface area contributed by atoms with E-state index in [4.69, 9.17) is 0 Å². The van der Waals surface area contributed by atoms with Gasteiger partial charge < -0.3 is 10.4 Å². The van der Waals surface area contributed by atoms with Crippen molar-refractivity contribution in [3.8, 4) is 0 Å². The van der Waals surface area contributed by atoms with E-state index in [1.165, 1.54) is 10.4 Å². The molecule has 1 aliphatic carbocycles. The first-order valence-corrected chi connectivity index (χ1v) is 6.15. The van der Waals surface area contributed by atoms with Crippen LogP contribution >= 0.6 is 11.3 Å². The molecular formula is C11H17NOS. The van der Waals surface area contributed by atoms with Crippen LogP contribution < -0.4 is 5.32 Å². The van der Waals surface area contributed by atoms with Crippen LogP contribution in [0.5, 0.6) is 0 Å². The monoisotopic (exact) mass is 211 g/mol. The molecule has 0 bridgehead atoms. The zero-order chi connectivity index (χ0) is 9.97. The highest BCUT2D eigenvalue weighted by molar-refractivity contribution is 7.10. The molecule has 0 saturated heterocycles. The molecule has 0 saturated carbocycles. The molecule has 0 radical (unpaired) electrons. The van der Waals surface area contributed by atoms with Crippen molar-refractivity contribution < 1.29 is 5.11 Å². The van der Waals surface area contributed by atoms with Crippen molar-refractivity contribution in [2.45, 2.75) is 25.8 Å². The second kappa shape index (κ2) is 4.43. The maximum atomic E-state index is 9.31. The van der Waals surface area contributed by atoms with Crippen LogP contribution in [0.1, 0.15) is 29.8 Å². The molecule has 2 unspecified atom stereocenters. The number of nitrogens with one attached hydrogen (secondary N) is 1. The minimum Gasteiger partial charge on any atom is -0.396 e. The van der Waals surface area contributed by atoms with Gasteiger partial charge in [0.1, 0.15) is 0 Å². The van der Waals surface area contributed by atoms with Crippen LogP contribution in [-0.4, -0.2) is 18.3 Å². The Labute approximate surface area is 89.0 Å². The first kappa shape index (κ1) is 10.1. The van der Waals surface area contributed by atoms with E-state index in [0.717, 1.165) is 19.4 Å². The number of aliphatic hydroxyl groups is 1. The van der Waals surface area contributed by atoms with Gasteiger partial charge in [-0.05, 0) is 36.4 Å². The van der Waals surface area contributed by atoms with E-state index in [1.54, 1.807) is 0 Å². The number of thiophene rings is 1. The summed E-state index contributed by atoms with van der Waals surface area (Å²) in [5, 5.41) is 15.0. The maximum Gasteiger partial charge on any atom is 0.0477 e. The number of aryl methyl sites for hydroxylation is 1. The van der Waals surface area contributed by atoms with Crippen molar-refractivity contribution in [2.75, 3.05) is 13.2 Å². The second-order valence-corrected chi connectivity index (χ2v) is 4.82. The van der Waals surface area contributed by atoms with Gasteiger partial charge in [0.05, 0.1) is 0 Å². The lowest BCUT2D eigenvalue weighted by atomic mass is 9.84. The van der Waals surface area contributed by atoms with E-state index < -0.39 is 0 Å². The summed E-state index contributed by atoms with van der Waals surface area (Å²) in [6, 6.07) is 2.58. The molecule has 0 aliphatic heterocycles. The van der Waals surface area contributed by atoms with E-state index in [-0.39, 0.29) is 0 Å². The summed E-state index contributed by atoms with van der Waals surface area (Å²) in [5.41, 5.74) is 1.42. The van der Waals surface area contributed by atoms with E-state index in [9.17, 15) is 5.11 Å². The molecule has 1 heterocycles. The fourth-order valence-electron chi connectivity index (χ4n) is 2.26. The summed E-state index contributed by atoms with van der Waals surface area (Å²) in [6.45, 7) is 3.39. The molecule has 0 spiro atoms. The fourth-order valence-corrected chi connectivity index (χ4v) is 3.21. The normalized spacial score (nSPS) is 26.1. The smallest absolute Gasteiger partial charge is 0.0477 e. The van der Waals surface area contributed by atoms with Gasteiger partial charge in [-0.1, -0.05) is 6.92 Å². The molecule has 1 aromatic rings. The average molecular weight is 211 g/mol. The standard InChI is InChI=1S/C11H17NOS/c1-2-12-11-8(7-13)3-4-10-9(11)5-6-14-10/h5-6,8,11-13H,2-4,7H2,1H3. The Morgan fingerprint density at radius 2 is 2.50 bits per heavy atom. The van der Waals surface area contributed by atoms with E-state index >= 15 is 0 Å². The minimum absolute atomic E-state index is 0.299. The molecule has 3 heteroatoms. The molecule has 2 rings (SSSR count). The Morgan fingerprint density at radius 1 is 1.64 bits per heavy atom. The van der Waals surface area contributed by atoms with Gasteiger partial charge in [0.25, 0.3) is 0 Å². The molecule has 0 aromatic carbocycles. The van der Waals surface area contributed by atoms with Gasteiger partial charge in [-0.25, -0.2) is 0 Å². The van der Waals surface area contributed by atoms with Gasteiger partial charge in [0, 0.05) is 23.4 Å². The van der Waals surface area contributed by atoms with Crippen LogP contribution in [0.3, 0.4) is 0 Å². The highest BCUT2D eigenvalue weighted by Crippen LogP contribution is 2.36. The van der Waals surface area contributed by atoms with Crippen molar-refractivity contribution in [1.82, 2.24) is 5.32 Å². The van der Waals surface area contributed by atoms with Crippen LogP contribution in [-0.2, 0) is 6.42 Å². The van der Waals surface area contributed by atoms with Gasteiger partial charge in [0.2, 0.25) is 0 Å². The Kier molecular flexibility index (Phi) is 3.21. The van der Waals surface area contributed by atoms with Gasteiger partial charge >= 0.3 is 0 Å². The zero-order valence-corrected chi connectivity index (χ0v) is 9.31. The fraction of sp³-hybridized carbons (Fsp3) is 0.636. The van der Waals surface area contributed by atoms with Gasteiger partial charge in [-0.2, -0.15) is 0 Å². The Morgan fingerprint density at radius 3 is 3.21 bits per heavy atom. The molecule has 0 amide bonds. The van der Waals surface area contributed by atoms with E-state index in [2.05, 4.69) is 23.7 Å². The first-order chi connectivity index (χ1) is 6.86. The van der Waals surface area contributed by atoms with Crippen molar-refractivity contribution in [3.05, 3.63) is 21.9 Å². The third-order valence-corrected chi connectivity index (χ3v) is 3.98. The number of rotatable bonds is 3. The Bertz CT molecular complexity index is 297. The largest absolute Gasteiger partial charge is 0.396 e. The van der Waals surface area contributed by atoms with Gasteiger partial charge in [-0.3, -0.25) is 0 Å². The number of aliphatic hydroxyl groups excluding tert-OH is 1. The van der Waals surface area contributed by atoms with Crippen LogP contribution in [0.4, 0.5) is 0 Å². The van der Waals surface area contributed by atoms with E-state index in [0.29, 0.717) is 18.6 Å². The average Bonchev–Trinajstić information content (AvgIpc) is 2.67. The van der Waals surface area contributed by atoms with Gasteiger partial charge in [-0.15, -0.1) is 11.3 Å². The number of hydrogen-bond donors (Lipinski definition) is 2. The summed E-state index contributed by atoms with van der Waals surface area (Å²) in [5.74, 6) is 0.400. The minimum atomic E-state index is 0.299. The molecule has 2 N–H and O–H groups in total. The van der Waals surface area contributed by atoms with E-state index in [1.807, 2.05) is 11.3 Å². The maximum absolute atomic E-state index is 9.31.